The molecule has 33 heavy (non-hydrogen) atoms. The molecule has 1 saturated carbocycles. The van der Waals surface area contributed by atoms with Crippen LogP contribution >= 0.6 is 0 Å². The average Bonchev–Trinajstić information content (AvgIpc) is 3.24. The number of pyridine rings is 1. The molecule has 4 heterocycles. The number of fused-ring (bicyclic) bond motifs is 3. The molecule has 1 spiro atoms. The summed E-state index contributed by atoms with van der Waals surface area (Å²) < 4.78 is 0. The minimum atomic E-state index is 0.192. The summed E-state index contributed by atoms with van der Waals surface area (Å²) in [7, 11) is 2.16. The lowest BCUT2D eigenvalue weighted by molar-refractivity contribution is 0.234. The van der Waals surface area contributed by atoms with Crippen molar-refractivity contribution >= 4 is 23.0 Å². The van der Waals surface area contributed by atoms with Gasteiger partial charge in [-0.1, -0.05) is 25.8 Å². The molecular weight excluding hydrogens is 410 g/mol. The summed E-state index contributed by atoms with van der Waals surface area (Å²) in [6, 6.07) is 4.16. The maximum Gasteiger partial charge on any atom is 0.228 e. The van der Waals surface area contributed by atoms with Crippen molar-refractivity contribution in [1.82, 2.24) is 25.2 Å². The maximum atomic E-state index is 5.06. The van der Waals surface area contributed by atoms with Crippen LogP contribution in [0.25, 0.3) is 5.57 Å². The maximum absolute atomic E-state index is 5.06. The molecule has 1 saturated heterocycles. The van der Waals surface area contributed by atoms with Crippen LogP contribution in [0.1, 0.15) is 49.8 Å². The first-order valence-electron chi connectivity index (χ1n) is 12.3. The van der Waals surface area contributed by atoms with Gasteiger partial charge in [0, 0.05) is 73.8 Å². The largest absolute Gasteiger partial charge is 0.368 e. The van der Waals surface area contributed by atoms with E-state index in [2.05, 4.69) is 50.1 Å². The van der Waals surface area contributed by atoms with Crippen LogP contribution in [-0.4, -0.2) is 53.1 Å². The minimum absolute atomic E-state index is 0.192. The lowest BCUT2D eigenvalue weighted by Gasteiger charge is -2.46. The normalized spacial score (nSPS) is 21.9. The van der Waals surface area contributed by atoms with Gasteiger partial charge in [0.05, 0.1) is 17.6 Å². The van der Waals surface area contributed by atoms with Gasteiger partial charge in [-0.05, 0) is 31.4 Å². The standard InChI is InChI=1S/C26H33N7/c1-18-15-26(8-4-3-5-9-26)23-21(32(18)2)14-19-16-29-25(31-24(19)23)30-22-7-6-20(17-28-22)33-12-10-27-11-13-33/h6-7,16-17,27H,1,3-5,8-15H2,2H3,(H,28,29,30,31). The molecule has 7 nitrogen and oxygen atoms in total. The van der Waals surface area contributed by atoms with E-state index in [9.17, 15) is 0 Å². The van der Waals surface area contributed by atoms with Crippen molar-refractivity contribution in [3.05, 3.63) is 53.8 Å². The molecule has 7 heteroatoms. The third kappa shape index (κ3) is 3.59. The summed E-state index contributed by atoms with van der Waals surface area (Å²) >= 11 is 0. The molecule has 0 aromatic carbocycles. The third-order valence-corrected chi connectivity index (χ3v) is 7.98. The zero-order chi connectivity index (χ0) is 22.4. The number of rotatable bonds is 3. The zero-order valence-electron chi connectivity index (χ0n) is 19.5. The monoisotopic (exact) mass is 443 g/mol. The summed E-state index contributed by atoms with van der Waals surface area (Å²) in [6.07, 6.45) is 12.3. The second-order valence-corrected chi connectivity index (χ2v) is 9.97. The van der Waals surface area contributed by atoms with Crippen LogP contribution in [0.4, 0.5) is 17.5 Å². The van der Waals surface area contributed by atoms with E-state index in [1.54, 1.807) is 0 Å². The molecule has 0 radical (unpaired) electrons. The molecule has 0 atom stereocenters. The van der Waals surface area contributed by atoms with Gasteiger partial charge in [-0.25, -0.2) is 15.0 Å². The summed E-state index contributed by atoms with van der Waals surface area (Å²) in [6.45, 7) is 8.48. The highest BCUT2D eigenvalue weighted by Gasteiger charge is 2.46. The smallest absolute Gasteiger partial charge is 0.228 e. The fourth-order valence-electron chi connectivity index (χ4n) is 6.19. The highest BCUT2D eigenvalue weighted by Crippen LogP contribution is 2.58. The fraction of sp³-hybridized carbons (Fsp3) is 0.500. The molecule has 2 aliphatic heterocycles. The van der Waals surface area contributed by atoms with Gasteiger partial charge in [0.25, 0.3) is 0 Å². The van der Waals surface area contributed by atoms with Crippen LogP contribution in [-0.2, 0) is 6.42 Å². The summed E-state index contributed by atoms with van der Waals surface area (Å²) in [5, 5.41) is 6.75. The van der Waals surface area contributed by atoms with Gasteiger partial charge in [0.2, 0.25) is 5.95 Å². The molecule has 2 N–H and O–H groups in total. The number of anilines is 3. The quantitative estimate of drug-likeness (QED) is 0.740. The molecule has 172 valence electrons. The van der Waals surface area contributed by atoms with E-state index in [0.29, 0.717) is 5.95 Å². The zero-order valence-corrected chi connectivity index (χ0v) is 19.5. The minimum Gasteiger partial charge on any atom is -0.368 e. The van der Waals surface area contributed by atoms with Crippen molar-refractivity contribution in [2.45, 2.75) is 44.9 Å². The Balaban J connectivity index is 1.28. The number of allylic oxidation sites excluding steroid dienone is 3. The number of hydrogen-bond donors (Lipinski definition) is 2. The molecule has 2 aliphatic carbocycles. The number of hydrogen-bond acceptors (Lipinski definition) is 7. The molecule has 2 aromatic rings. The van der Waals surface area contributed by atoms with E-state index in [4.69, 9.17) is 4.98 Å². The van der Waals surface area contributed by atoms with Gasteiger partial charge in [-0.15, -0.1) is 0 Å². The van der Waals surface area contributed by atoms with E-state index in [0.717, 1.165) is 56.2 Å². The van der Waals surface area contributed by atoms with Crippen LogP contribution in [0.5, 0.6) is 0 Å². The Morgan fingerprint density at radius 2 is 1.88 bits per heavy atom. The van der Waals surface area contributed by atoms with E-state index in [1.165, 1.54) is 54.6 Å². The Morgan fingerprint density at radius 3 is 2.64 bits per heavy atom. The molecule has 2 aromatic heterocycles. The Hall–Kier alpha value is -2.93. The van der Waals surface area contributed by atoms with Gasteiger partial charge in [-0.3, -0.25) is 0 Å². The van der Waals surface area contributed by atoms with E-state index < -0.39 is 0 Å². The Bertz CT molecular complexity index is 1090. The topological polar surface area (TPSA) is 69.2 Å². The molecule has 0 unspecified atom stereocenters. The van der Waals surface area contributed by atoms with Gasteiger partial charge < -0.3 is 20.4 Å². The Labute approximate surface area is 196 Å². The molecule has 0 amide bonds. The van der Waals surface area contributed by atoms with Crippen LogP contribution in [0, 0.1) is 5.41 Å². The SMILES string of the molecule is C=C1CC2(CCCCC2)C2=C(Cc3cnc(Nc4ccc(N5CCNCC5)cn4)nc32)N1C. The van der Waals surface area contributed by atoms with E-state index in [-0.39, 0.29) is 5.41 Å². The van der Waals surface area contributed by atoms with Crippen LogP contribution in [0.3, 0.4) is 0 Å². The second kappa shape index (κ2) is 8.13. The van der Waals surface area contributed by atoms with Gasteiger partial charge >= 0.3 is 0 Å². The van der Waals surface area contributed by atoms with Crippen LogP contribution in [0.15, 0.2) is 42.5 Å². The van der Waals surface area contributed by atoms with E-state index >= 15 is 0 Å². The number of likely N-dealkylation sites (N-methyl/N-ethyl adjacent to an activating group) is 1. The van der Waals surface area contributed by atoms with Crippen molar-refractivity contribution < 1.29 is 0 Å². The van der Waals surface area contributed by atoms with Crippen molar-refractivity contribution in [1.29, 1.82) is 0 Å². The van der Waals surface area contributed by atoms with E-state index in [1.807, 2.05) is 18.5 Å². The first kappa shape index (κ1) is 20.7. The molecular formula is C26H33N7. The summed E-state index contributed by atoms with van der Waals surface area (Å²) in [4.78, 5) is 19.0. The predicted molar refractivity (Wildman–Crippen MR) is 132 cm³/mol. The Morgan fingerprint density at radius 1 is 1.06 bits per heavy atom. The summed E-state index contributed by atoms with van der Waals surface area (Å²) in [5.41, 5.74) is 7.81. The van der Waals surface area contributed by atoms with Crippen molar-refractivity contribution in [3.8, 4) is 0 Å². The van der Waals surface area contributed by atoms with Gasteiger partial charge in [-0.2, -0.15) is 0 Å². The number of aromatic nitrogens is 3. The molecule has 0 bridgehead atoms. The fourth-order valence-corrected chi connectivity index (χ4v) is 6.19. The first-order chi connectivity index (χ1) is 16.1. The average molecular weight is 444 g/mol. The van der Waals surface area contributed by atoms with Crippen molar-refractivity contribution in [2.75, 3.05) is 43.4 Å². The predicted octanol–water partition coefficient (Wildman–Crippen LogP) is 4.09. The van der Waals surface area contributed by atoms with Crippen LogP contribution < -0.4 is 15.5 Å². The second-order valence-electron chi connectivity index (χ2n) is 9.97. The number of nitrogens with zero attached hydrogens (tertiary/aromatic N) is 5. The molecule has 2 fully saturated rings. The lowest BCUT2D eigenvalue weighted by atomic mass is 9.64. The number of piperazine rings is 1. The summed E-state index contributed by atoms with van der Waals surface area (Å²) in [5.74, 6) is 1.41. The van der Waals surface area contributed by atoms with Crippen molar-refractivity contribution in [3.63, 3.8) is 0 Å². The third-order valence-electron chi connectivity index (χ3n) is 7.98. The van der Waals surface area contributed by atoms with Gasteiger partial charge in [0.1, 0.15) is 5.82 Å². The highest BCUT2D eigenvalue weighted by atomic mass is 15.2. The van der Waals surface area contributed by atoms with Gasteiger partial charge in [0.15, 0.2) is 0 Å². The molecule has 6 rings (SSSR count). The first-order valence-corrected chi connectivity index (χ1v) is 12.3. The van der Waals surface area contributed by atoms with Crippen LogP contribution in [0.2, 0.25) is 0 Å². The highest BCUT2D eigenvalue weighted by molar-refractivity contribution is 5.79. The number of nitrogens with one attached hydrogen (secondary N) is 2. The van der Waals surface area contributed by atoms with Crippen molar-refractivity contribution in [2.24, 2.45) is 5.41 Å². The molecule has 4 aliphatic rings. The Kier molecular flexibility index (Phi) is 5.09. The lowest BCUT2D eigenvalue weighted by Crippen LogP contribution is -2.43.